The first-order valence-electron chi connectivity index (χ1n) is 16.3. The summed E-state index contributed by atoms with van der Waals surface area (Å²) in [6.45, 7) is 14.9. The summed E-state index contributed by atoms with van der Waals surface area (Å²) in [6.07, 6.45) is 5.13. The maximum absolute atomic E-state index is 14.1. The maximum Gasteiger partial charge on any atom is 0.338 e. The summed E-state index contributed by atoms with van der Waals surface area (Å²) in [6, 6.07) is 18.5. The molecule has 3 aromatic rings. The highest BCUT2D eigenvalue weighted by molar-refractivity contribution is 5.91. The number of carbonyl (C=O) groups excluding carboxylic acids is 2. The normalized spacial score (nSPS) is 29.6. The molecule has 228 valence electrons. The van der Waals surface area contributed by atoms with Crippen LogP contribution in [-0.2, 0) is 9.47 Å². The largest absolute Gasteiger partial charge is 0.454 e. The van der Waals surface area contributed by atoms with Gasteiger partial charge in [-0.2, -0.15) is 0 Å². The molecular formula is C40H44O4. The van der Waals surface area contributed by atoms with Gasteiger partial charge in [0.1, 0.15) is 12.2 Å². The van der Waals surface area contributed by atoms with Crippen LogP contribution in [0.3, 0.4) is 0 Å². The SMILES string of the molecule is Cc1cc(C)cc(C(=O)OC2C(OC(=O)c3cc(C)cc(C)c3)C3(C(C)C)CCC2(C)C2c4cccc5c4=C(CCC=5)C23)c1. The van der Waals surface area contributed by atoms with E-state index in [9.17, 15) is 9.59 Å². The van der Waals surface area contributed by atoms with E-state index in [1.807, 2.05) is 52.0 Å². The molecule has 3 saturated carbocycles. The molecule has 2 bridgehead atoms. The molecule has 0 aliphatic heterocycles. The molecule has 4 heteroatoms. The number of carbonyl (C=O) groups is 2. The zero-order valence-corrected chi connectivity index (χ0v) is 27.1. The number of ether oxygens (including phenoxy) is 2. The lowest BCUT2D eigenvalue weighted by Crippen LogP contribution is -2.70. The molecule has 0 heterocycles. The molecule has 8 rings (SSSR count). The fourth-order valence-electron chi connectivity index (χ4n) is 9.92. The third-order valence-electron chi connectivity index (χ3n) is 11.6. The van der Waals surface area contributed by atoms with Crippen LogP contribution in [0.25, 0.3) is 11.6 Å². The molecule has 0 amide bonds. The molecule has 6 unspecified atom stereocenters. The lowest BCUT2D eigenvalue weighted by Gasteiger charge is -2.67. The fourth-order valence-corrected chi connectivity index (χ4v) is 9.92. The average Bonchev–Trinajstić information content (AvgIpc) is 3.32. The molecule has 5 aliphatic rings. The summed E-state index contributed by atoms with van der Waals surface area (Å²) >= 11 is 0. The Kier molecular flexibility index (Phi) is 6.73. The van der Waals surface area contributed by atoms with Gasteiger partial charge >= 0.3 is 11.9 Å². The van der Waals surface area contributed by atoms with Crippen LogP contribution in [0.15, 0.2) is 54.6 Å². The van der Waals surface area contributed by atoms with E-state index in [1.54, 1.807) is 0 Å². The first-order chi connectivity index (χ1) is 20.9. The highest BCUT2D eigenvalue weighted by atomic mass is 16.6. The minimum absolute atomic E-state index is 0.198. The number of aryl methyl sites for hydroxylation is 4. The van der Waals surface area contributed by atoms with Crippen molar-refractivity contribution >= 4 is 23.6 Å². The number of fused-ring (bicyclic) bond motifs is 2. The average molecular weight is 589 g/mol. The van der Waals surface area contributed by atoms with Crippen molar-refractivity contribution in [3.05, 3.63) is 104 Å². The second-order valence-electron chi connectivity index (χ2n) is 14.7. The van der Waals surface area contributed by atoms with Crippen LogP contribution in [-0.4, -0.2) is 24.1 Å². The van der Waals surface area contributed by atoms with Crippen molar-refractivity contribution in [2.24, 2.45) is 22.7 Å². The topological polar surface area (TPSA) is 52.6 Å². The molecule has 6 atom stereocenters. The fraction of sp³-hybridized carbons (Fsp3) is 0.450. The number of rotatable bonds is 5. The van der Waals surface area contributed by atoms with Crippen LogP contribution in [0.4, 0.5) is 0 Å². The van der Waals surface area contributed by atoms with Gasteiger partial charge in [0.25, 0.3) is 0 Å². The van der Waals surface area contributed by atoms with Crippen molar-refractivity contribution in [2.45, 2.75) is 92.3 Å². The Labute approximate surface area is 261 Å². The molecule has 0 N–H and O–H groups in total. The van der Waals surface area contributed by atoms with Crippen LogP contribution in [0, 0.1) is 50.4 Å². The van der Waals surface area contributed by atoms with Crippen molar-refractivity contribution in [3.63, 3.8) is 0 Å². The van der Waals surface area contributed by atoms with Gasteiger partial charge in [0.15, 0.2) is 0 Å². The number of esters is 2. The Morgan fingerprint density at radius 3 is 1.91 bits per heavy atom. The zero-order chi connectivity index (χ0) is 31.1. The summed E-state index contributed by atoms with van der Waals surface area (Å²) in [5.41, 5.74) is 7.35. The van der Waals surface area contributed by atoms with Gasteiger partial charge in [-0.15, -0.1) is 0 Å². The van der Waals surface area contributed by atoms with Crippen molar-refractivity contribution in [1.29, 1.82) is 0 Å². The number of benzene rings is 3. The van der Waals surface area contributed by atoms with Crippen LogP contribution >= 0.6 is 0 Å². The van der Waals surface area contributed by atoms with Gasteiger partial charge in [0, 0.05) is 16.7 Å². The second-order valence-corrected chi connectivity index (χ2v) is 14.7. The van der Waals surface area contributed by atoms with E-state index < -0.39 is 17.6 Å². The van der Waals surface area contributed by atoms with Crippen LogP contribution in [0.1, 0.15) is 101 Å². The van der Waals surface area contributed by atoms with Gasteiger partial charge in [-0.1, -0.05) is 85.0 Å². The molecular weight excluding hydrogens is 544 g/mol. The van der Waals surface area contributed by atoms with E-state index in [0.29, 0.717) is 11.1 Å². The zero-order valence-electron chi connectivity index (χ0n) is 27.1. The monoisotopic (exact) mass is 588 g/mol. The first kappa shape index (κ1) is 29.1. The molecule has 5 aliphatic carbocycles. The Morgan fingerprint density at radius 2 is 1.34 bits per heavy atom. The van der Waals surface area contributed by atoms with Crippen molar-refractivity contribution < 1.29 is 19.1 Å². The summed E-state index contributed by atoms with van der Waals surface area (Å²) in [5, 5.41) is 2.74. The summed E-state index contributed by atoms with van der Waals surface area (Å²) in [7, 11) is 0. The third-order valence-corrected chi connectivity index (χ3v) is 11.6. The minimum Gasteiger partial charge on any atom is -0.454 e. The molecule has 0 aromatic heterocycles. The molecule has 44 heavy (non-hydrogen) atoms. The Hall–Kier alpha value is -3.66. The Balaban J connectivity index is 1.41. The summed E-state index contributed by atoms with van der Waals surface area (Å²) in [5.74, 6) is -0.0365. The third kappa shape index (κ3) is 4.16. The molecule has 0 spiro atoms. The molecule has 0 radical (unpaired) electrons. The Bertz CT molecular complexity index is 1790. The summed E-state index contributed by atoms with van der Waals surface area (Å²) < 4.78 is 13.5. The van der Waals surface area contributed by atoms with Gasteiger partial charge in [0.05, 0.1) is 11.1 Å². The van der Waals surface area contributed by atoms with E-state index in [2.05, 4.69) is 57.2 Å². The molecule has 3 aromatic carbocycles. The van der Waals surface area contributed by atoms with Crippen LogP contribution < -0.4 is 10.4 Å². The highest BCUT2D eigenvalue weighted by Crippen LogP contribution is 2.72. The first-order valence-corrected chi connectivity index (χ1v) is 16.3. The lowest BCUT2D eigenvalue weighted by molar-refractivity contribution is -0.235. The van der Waals surface area contributed by atoms with Gasteiger partial charge in [-0.3, -0.25) is 0 Å². The van der Waals surface area contributed by atoms with Crippen molar-refractivity contribution in [3.8, 4) is 0 Å². The van der Waals surface area contributed by atoms with Gasteiger partial charge < -0.3 is 9.47 Å². The second kappa shape index (κ2) is 10.2. The Morgan fingerprint density at radius 1 is 0.773 bits per heavy atom. The number of hydrogen-bond acceptors (Lipinski definition) is 4. The van der Waals surface area contributed by atoms with Gasteiger partial charge in [-0.25, -0.2) is 9.59 Å². The molecule has 0 saturated heterocycles. The standard InChI is InChI=1S/C40H44O4/c1-22(2)40-15-14-39(7,33-30-12-8-10-27-11-9-13-31(32(27)30)34(33)40)35(43-37(41)28-18-23(3)16-24(4)19-28)36(40)44-38(42)29-20-25(5)17-26(6)21-29/h8,10-12,16-22,33-36H,9,13-15H2,1-7H3. The van der Waals surface area contributed by atoms with Crippen LogP contribution in [0.2, 0.25) is 0 Å². The van der Waals surface area contributed by atoms with E-state index in [0.717, 1.165) is 47.9 Å². The maximum atomic E-state index is 14.1. The van der Waals surface area contributed by atoms with E-state index in [-0.39, 0.29) is 35.1 Å². The highest BCUT2D eigenvalue weighted by Gasteiger charge is 2.73. The van der Waals surface area contributed by atoms with E-state index >= 15 is 0 Å². The van der Waals surface area contributed by atoms with E-state index in [1.165, 1.54) is 21.6 Å². The van der Waals surface area contributed by atoms with E-state index in [4.69, 9.17) is 9.47 Å². The predicted molar refractivity (Wildman–Crippen MR) is 174 cm³/mol. The molecule has 4 nitrogen and oxygen atoms in total. The molecule has 3 fully saturated rings. The van der Waals surface area contributed by atoms with Crippen LogP contribution in [0.5, 0.6) is 0 Å². The minimum atomic E-state index is -0.580. The smallest absolute Gasteiger partial charge is 0.338 e. The van der Waals surface area contributed by atoms with Gasteiger partial charge in [-0.05, 0) is 105 Å². The van der Waals surface area contributed by atoms with Crippen molar-refractivity contribution in [1.82, 2.24) is 0 Å². The quantitative estimate of drug-likeness (QED) is 0.294. The van der Waals surface area contributed by atoms with Gasteiger partial charge in [0.2, 0.25) is 0 Å². The lowest BCUT2D eigenvalue weighted by atomic mass is 9.39. The summed E-state index contributed by atoms with van der Waals surface area (Å²) in [4.78, 5) is 28.2. The number of hydrogen-bond donors (Lipinski definition) is 0. The predicted octanol–water partition coefficient (Wildman–Crippen LogP) is 7.27. The van der Waals surface area contributed by atoms with Crippen molar-refractivity contribution in [2.75, 3.05) is 0 Å².